The normalized spacial score (nSPS) is 17.5. The van der Waals surface area contributed by atoms with Crippen LogP contribution >= 0.6 is 23.2 Å². The predicted octanol–water partition coefficient (Wildman–Crippen LogP) is 5.30. The number of hydrogen-bond acceptors (Lipinski definition) is 5. The summed E-state index contributed by atoms with van der Waals surface area (Å²) in [5.74, 6) is -4.78. The number of aromatic nitrogens is 1. The molecule has 0 bridgehead atoms. The fraction of sp³-hybridized carbons (Fsp3) is 0.0870. The van der Waals surface area contributed by atoms with Crippen molar-refractivity contribution in [1.29, 1.82) is 0 Å². The molecule has 2 aromatic carbocycles. The Morgan fingerprint density at radius 1 is 1.09 bits per heavy atom. The highest BCUT2D eigenvalue weighted by atomic mass is 35.5. The van der Waals surface area contributed by atoms with Crippen LogP contribution in [0.1, 0.15) is 17.2 Å². The Kier molecular flexibility index (Phi) is 6.05. The van der Waals surface area contributed by atoms with Crippen molar-refractivity contribution in [3.05, 3.63) is 93.2 Å². The summed E-state index contributed by atoms with van der Waals surface area (Å²) in [4.78, 5) is 31.0. The molecule has 0 aliphatic carbocycles. The number of aliphatic hydroxyl groups is 1. The van der Waals surface area contributed by atoms with E-state index < -0.39 is 35.1 Å². The molecule has 1 aliphatic rings. The van der Waals surface area contributed by atoms with E-state index in [1.807, 2.05) is 0 Å². The van der Waals surface area contributed by atoms with Gasteiger partial charge < -0.3 is 9.84 Å². The molecule has 1 fully saturated rings. The Balaban J connectivity index is 1.96. The number of halogens is 4. The second kappa shape index (κ2) is 8.80. The minimum atomic E-state index is -1.20. The van der Waals surface area contributed by atoms with Crippen molar-refractivity contribution in [3.8, 4) is 5.75 Å². The molecule has 168 valence electrons. The highest BCUT2D eigenvalue weighted by Crippen LogP contribution is 2.43. The Morgan fingerprint density at radius 3 is 2.36 bits per heavy atom. The lowest BCUT2D eigenvalue weighted by Gasteiger charge is -2.25. The highest BCUT2D eigenvalue weighted by molar-refractivity contribution is 6.51. The zero-order chi connectivity index (χ0) is 23.9. The lowest BCUT2D eigenvalue weighted by atomic mass is 9.96. The number of ketones is 1. The van der Waals surface area contributed by atoms with Gasteiger partial charge in [-0.2, -0.15) is 0 Å². The number of nitrogens with zero attached hydrogens (tertiary/aromatic N) is 2. The summed E-state index contributed by atoms with van der Waals surface area (Å²) in [6.45, 7) is 0. The van der Waals surface area contributed by atoms with Gasteiger partial charge in [-0.15, -0.1) is 0 Å². The number of methoxy groups -OCH3 is 1. The molecule has 0 radical (unpaired) electrons. The average Bonchev–Trinajstić information content (AvgIpc) is 3.06. The van der Waals surface area contributed by atoms with Gasteiger partial charge in [-0.25, -0.2) is 8.78 Å². The molecule has 1 aromatic heterocycles. The maximum Gasteiger partial charge on any atom is 0.300 e. The second-order valence-corrected chi connectivity index (χ2v) is 7.84. The fourth-order valence-electron chi connectivity index (χ4n) is 3.63. The van der Waals surface area contributed by atoms with Gasteiger partial charge in [0.25, 0.3) is 11.7 Å². The quantitative estimate of drug-likeness (QED) is 0.305. The van der Waals surface area contributed by atoms with Crippen molar-refractivity contribution in [2.45, 2.75) is 6.04 Å². The number of ether oxygens (including phenoxy) is 1. The number of Topliss-reactive ketones (excluding diaryl/α,β-unsaturated/α-hetero) is 1. The summed E-state index contributed by atoms with van der Waals surface area (Å²) in [6, 6.07) is 7.43. The van der Waals surface area contributed by atoms with Crippen molar-refractivity contribution < 1.29 is 28.2 Å². The van der Waals surface area contributed by atoms with Crippen molar-refractivity contribution in [2.24, 2.45) is 0 Å². The molecule has 1 amide bonds. The van der Waals surface area contributed by atoms with Crippen LogP contribution in [0.4, 0.5) is 14.5 Å². The SMILES string of the molecule is COc1c(Cl)cc(/C(O)=C2\C(=O)C(=O)N(c3ccc(F)c(F)c3)C2c2cccnc2)cc1Cl. The van der Waals surface area contributed by atoms with E-state index in [1.54, 1.807) is 12.1 Å². The summed E-state index contributed by atoms with van der Waals surface area (Å²) in [6.07, 6.45) is 2.88. The molecular formula is C23H14Cl2F2N2O4. The topological polar surface area (TPSA) is 79.7 Å². The average molecular weight is 491 g/mol. The van der Waals surface area contributed by atoms with Gasteiger partial charge in [-0.05, 0) is 35.9 Å². The van der Waals surface area contributed by atoms with Crippen LogP contribution < -0.4 is 9.64 Å². The molecule has 1 aliphatic heterocycles. The van der Waals surface area contributed by atoms with Crippen LogP contribution in [0.25, 0.3) is 5.76 Å². The summed E-state index contributed by atoms with van der Waals surface area (Å²) < 4.78 is 32.6. The van der Waals surface area contributed by atoms with Crippen LogP contribution in [-0.4, -0.2) is 28.9 Å². The van der Waals surface area contributed by atoms with E-state index in [4.69, 9.17) is 27.9 Å². The van der Waals surface area contributed by atoms with Gasteiger partial charge in [-0.3, -0.25) is 19.5 Å². The van der Waals surface area contributed by atoms with Gasteiger partial charge in [0.2, 0.25) is 0 Å². The fourth-order valence-corrected chi connectivity index (χ4v) is 4.28. The first-order chi connectivity index (χ1) is 15.7. The molecule has 6 nitrogen and oxygen atoms in total. The lowest BCUT2D eigenvalue weighted by Crippen LogP contribution is -2.29. The van der Waals surface area contributed by atoms with E-state index in [-0.39, 0.29) is 32.6 Å². The molecule has 0 spiro atoms. The second-order valence-electron chi connectivity index (χ2n) is 7.03. The maximum absolute atomic E-state index is 14.0. The molecule has 1 atom stereocenters. The molecule has 10 heteroatoms. The van der Waals surface area contributed by atoms with Gasteiger partial charge in [0.15, 0.2) is 17.4 Å². The van der Waals surface area contributed by atoms with Crippen LogP contribution in [0.15, 0.2) is 60.4 Å². The van der Waals surface area contributed by atoms with E-state index in [0.717, 1.165) is 23.1 Å². The van der Waals surface area contributed by atoms with Crippen molar-refractivity contribution in [1.82, 2.24) is 4.98 Å². The van der Waals surface area contributed by atoms with Crippen LogP contribution in [0.5, 0.6) is 5.75 Å². The van der Waals surface area contributed by atoms with Gasteiger partial charge in [0.05, 0.1) is 28.8 Å². The third kappa shape index (κ3) is 3.92. The van der Waals surface area contributed by atoms with Gasteiger partial charge in [0, 0.05) is 29.7 Å². The number of benzene rings is 2. The van der Waals surface area contributed by atoms with E-state index in [1.165, 1.54) is 31.6 Å². The standard InChI is InChI=1S/C23H14Cl2F2N2O4/c1-33-22-14(24)7-12(8-15(22)25)20(30)18-19(11-3-2-6-28-10-11)29(23(32)21(18)31)13-4-5-16(26)17(27)9-13/h2-10,19,30H,1H3/b20-18+. The Morgan fingerprint density at radius 2 is 1.79 bits per heavy atom. The molecule has 1 unspecified atom stereocenters. The predicted molar refractivity (Wildman–Crippen MR) is 118 cm³/mol. The molecule has 1 saturated heterocycles. The number of amides is 1. The molecule has 3 aromatic rings. The van der Waals surface area contributed by atoms with E-state index in [2.05, 4.69) is 4.98 Å². The number of rotatable bonds is 4. The van der Waals surface area contributed by atoms with Crippen molar-refractivity contribution in [3.63, 3.8) is 0 Å². The molecular weight excluding hydrogens is 477 g/mol. The van der Waals surface area contributed by atoms with Crippen LogP contribution in [-0.2, 0) is 9.59 Å². The minimum Gasteiger partial charge on any atom is -0.507 e. The highest BCUT2D eigenvalue weighted by Gasteiger charge is 2.47. The molecule has 33 heavy (non-hydrogen) atoms. The summed E-state index contributed by atoms with van der Waals surface area (Å²) in [5.41, 5.74) is 0.0430. The molecule has 1 N–H and O–H groups in total. The van der Waals surface area contributed by atoms with Crippen molar-refractivity contribution in [2.75, 3.05) is 12.0 Å². The Bertz CT molecular complexity index is 1290. The number of anilines is 1. The smallest absolute Gasteiger partial charge is 0.300 e. The van der Waals surface area contributed by atoms with Gasteiger partial charge in [-0.1, -0.05) is 29.3 Å². The number of carbonyl (C=O) groups is 2. The lowest BCUT2D eigenvalue weighted by molar-refractivity contribution is -0.132. The number of pyridine rings is 1. The first-order valence-electron chi connectivity index (χ1n) is 9.44. The van der Waals surface area contributed by atoms with Crippen LogP contribution in [0, 0.1) is 11.6 Å². The summed E-state index contributed by atoms with van der Waals surface area (Å²) in [5, 5.41) is 11.2. The monoisotopic (exact) mass is 490 g/mol. The van der Waals surface area contributed by atoms with Crippen LogP contribution in [0.2, 0.25) is 10.0 Å². The van der Waals surface area contributed by atoms with Crippen LogP contribution in [0.3, 0.4) is 0 Å². The first kappa shape index (κ1) is 22.7. The third-order valence-corrected chi connectivity index (χ3v) is 5.66. The van der Waals surface area contributed by atoms with Gasteiger partial charge >= 0.3 is 0 Å². The summed E-state index contributed by atoms with van der Waals surface area (Å²) in [7, 11) is 1.36. The largest absolute Gasteiger partial charge is 0.507 e. The maximum atomic E-state index is 14.0. The van der Waals surface area contributed by atoms with Crippen molar-refractivity contribution >= 4 is 46.3 Å². The number of carbonyl (C=O) groups excluding carboxylic acids is 2. The number of hydrogen-bond donors (Lipinski definition) is 1. The third-order valence-electron chi connectivity index (χ3n) is 5.10. The number of aliphatic hydroxyl groups excluding tert-OH is 1. The summed E-state index contributed by atoms with van der Waals surface area (Å²) >= 11 is 12.3. The van der Waals surface area contributed by atoms with Gasteiger partial charge in [0.1, 0.15) is 5.76 Å². The molecule has 4 rings (SSSR count). The van der Waals surface area contributed by atoms with E-state index in [0.29, 0.717) is 5.56 Å². The molecule has 0 saturated carbocycles. The Hall–Kier alpha value is -3.49. The first-order valence-corrected chi connectivity index (χ1v) is 10.2. The Labute approximate surface area is 196 Å². The minimum absolute atomic E-state index is 0.0583. The van der Waals surface area contributed by atoms with E-state index >= 15 is 0 Å². The zero-order valence-corrected chi connectivity index (χ0v) is 18.4. The molecule has 2 heterocycles. The zero-order valence-electron chi connectivity index (χ0n) is 16.9. The van der Waals surface area contributed by atoms with E-state index in [9.17, 15) is 23.5 Å².